The van der Waals surface area contributed by atoms with E-state index in [9.17, 15) is 18.0 Å². The van der Waals surface area contributed by atoms with Crippen LogP contribution in [0.5, 0.6) is 0 Å². The highest BCUT2D eigenvalue weighted by atomic mass is 32.1. The van der Waals surface area contributed by atoms with Crippen LogP contribution in [0.1, 0.15) is 40.0 Å². The van der Waals surface area contributed by atoms with Crippen LogP contribution in [0.2, 0.25) is 0 Å². The number of ketones is 1. The van der Waals surface area contributed by atoms with Gasteiger partial charge in [0.15, 0.2) is 5.71 Å². The summed E-state index contributed by atoms with van der Waals surface area (Å²) >= 11 is 1.17. The molecule has 8 heteroatoms. The van der Waals surface area contributed by atoms with Crippen LogP contribution in [0.15, 0.2) is 40.8 Å². The lowest BCUT2D eigenvalue weighted by molar-refractivity contribution is -0.132. The van der Waals surface area contributed by atoms with Gasteiger partial charge in [-0.25, -0.2) is 4.98 Å². The molecule has 0 spiro atoms. The highest BCUT2D eigenvalue weighted by molar-refractivity contribution is 7.14. The van der Waals surface area contributed by atoms with Crippen molar-refractivity contribution in [1.82, 2.24) is 4.98 Å². The molecular formula is C21H24F3N3OS. The molecule has 156 valence electrons. The topological polar surface area (TPSA) is 54.4 Å². The Balaban J connectivity index is 1.84. The molecule has 29 heavy (non-hydrogen) atoms. The van der Waals surface area contributed by atoms with Crippen molar-refractivity contribution in [2.75, 3.05) is 5.43 Å². The van der Waals surface area contributed by atoms with Gasteiger partial charge in [-0.3, -0.25) is 10.2 Å². The van der Waals surface area contributed by atoms with Crippen molar-refractivity contribution in [2.45, 2.75) is 46.2 Å². The van der Waals surface area contributed by atoms with Crippen molar-refractivity contribution in [3.05, 3.63) is 35.7 Å². The third-order valence-electron chi connectivity index (χ3n) is 5.18. The van der Waals surface area contributed by atoms with Gasteiger partial charge < -0.3 is 0 Å². The predicted octanol–water partition coefficient (Wildman–Crippen LogP) is 6.17. The fraction of sp³-hybridized carbons (Fsp3) is 0.476. The van der Waals surface area contributed by atoms with Gasteiger partial charge in [0.05, 0.1) is 11.6 Å². The summed E-state index contributed by atoms with van der Waals surface area (Å²) in [4.78, 5) is 17.1. The third-order valence-corrected chi connectivity index (χ3v) is 5.93. The van der Waals surface area contributed by atoms with Crippen LogP contribution in [0, 0.1) is 17.3 Å². The molecule has 2 atom stereocenters. The number of hydrogen-bond acceptors (Lipinski definition) is 5. The van der Waals surface area contributed by atoms with E-state index >= 15 is 0 Å². The van der Waals surface area contributed by atoms with E-state index in [-0.39, 0.29) is 22.8 Å². The Kier molecular flexibility index (Phi) is 6.12. The lowest BCUT2D eigenvalue weighted by Crippen LogP contribution is -2.44. The number of Topliss-reactive ketones (excluding diaryl/α,β-unsaturated/α-hetero) is 1. The highest BCUT2D eigenvalue weighted by Crippen LogP contribution is 2.40. The number of nitrogens with zero attached hydrogens (tertiary/aromatic N) is 2. The molecule has 3 rings (SSSR count). The van der Waals surface area contributed by atoms with Gasteiger partial charge in [-0.05, 0) is 18.3 Å². The molecule has 1 fully saturated rings. The Hall–Kier alpha value is -2.22. The van der Waals surface area contributed by atoms with E-state index in [1.165, 1.54) is 11.3 Å². The summed E-state index contributed by atoms with van der Waals surface area (Å²) < 4.78 is 41.2. The first-order valence-corrected chi connectivity index (χ1v) is 10.4. The zero-order chi connectivity index (χ0) is 21.2. The fourth-order valence-electron chi connectivity index (χ4n) is 3.70. The molecule has 0 radical (unpaired) electrons. The minimum atomic E-state index is -4.69. The Morgan fingerprint density at radius 2 is 1.86 bits per heavy atom. The van der Waals surface area contributed by atoms with Gasteiger partial charge in [-0.1, -0.05) is 57.5 Å². The molecule has 0 unspecified atom stereocenters. The number of carbonyl (C=O) groups excluding carboxylic acids is 1. The molecule has 1 N–H and O–H groups in total. The number of benzene rings is 1. The fourth-order valence-corrected chi connectivity index (χ4v) is 4.36. The van der Waals surface area contributed by atoms with Crippen molar-refractivity contribution in [1.29, 1.82) is 0 Å². The molecule has 4 nitrogen and oxygen atoms in total. The van der Waals surface area contributed by atoms with E-state index in [0.29, 0.717) is 18.5 Å². The molecule has 1 aromatic heterocycles. The Bertz CT molecular complexity index is 885. The Morgan fingerprint density at radius 3 is 2.48 bits per heavy atom. The van der Waals surface area contributed by atoms with Crippen LogP contribution >= 0.6 is 11.3 Å². The van der Waals surface area contributed by atoms with Gasteiger partial charge in [0.25, 0.3) is 0 Å². The second-order valence-electron chi connectivity index (χ2n) is 8.32. The third kappa shape index (κ3) is 5.04. The van der Waals surface area contributed by atoms with E-state index < -0.39 is 23.7 Å². The smallest absolute Gasteiger partial charge is 0.299 e. The van der Waals surface area contributed by atoms with Gasteiger partial charge in [-0.2, -0.15) is 18.3 Å². The number of thiazole rings is 1. The number of carbonyl (C=O) groups is 1. The maximum Gasteiger partial charge on any atom is 0.431 e. The Labute approximate surface area is 172 Å². The average molecular weight is 424 g/mol. The van der Waals surface area contributed by atoms with Crippen LogP contribution in [-0.4, -0.2) is 22.7 Å². The number of nitrogens with one attached hydrogen (secondary N) is 1. The van der Waals surface area contributed by atoms with Crippen molar-refractivity contribution < 1.29 is 18.0 Å². The first-order chi connectivity index (χ1) is 13.6. The monoisotopic (exact) mass is 423 g/mol. The van der Waals surface area contributed by atoms with Gasteiger partial charge >= 0.3 is 6.18 Å². The van der Waals surface area contributed by atoms with Crippen LogP contribution in [0.25, 0.3) is 11.3 Å². The summed E-state index contributed by atoms with van der Waals surface area (Å²) in [6.45, 7) is 5.67. The van der Waals surface area contributed by atoms with Crippen LogP contribution in [0.3, 0.4) is 0 Å². The first kappa shape index (κ1) is 21.5. The van der Waals surface area contributed by atoms with E-state index in [0.717, 1.165) is 5.56 Å². The lowest BCUT2D eigenvalue weighted by atomic mass is 9.67. The number of rotatable bonds is 4. The first-order valence-electron chi connectivity index (χ1n) is 9.53. The molecule has 1 aromatic carbocycles. The molecule has 1 aliphatic carbocycles. The molecule has 1 heterocycles. The van der Waals surface area contributed by atoms with Gasteiger partial charge in [-0.15, -0.1) is 11.3 Å². The summed E-state index contributed by atoms with van der Waals surface area (Å²) in [6, 6.07) is 9.35. The standard InChI is InChI=1S/C21H24F3N3OS/c1-20(2,3)15-11-7-10-14(17(15)28)18(21(22,23)24)26-27-19-25-16(12-29-19)13-8-5-4-6-9-13/h4-6,8-9,12,14-15H,7,10-11H2,1-3H3,(H,25,27)/b26-18-/t14-,15-/m1/s1. The number of alkyl halides is 3. The molecule has 2 aromatic rings. The zero-order valence-electron chi connectivity index (χ0n) is 16.6. The van der Waals surface area contributed by atoms with Crippen molar-refractivity contribution in [3.63, 3.8) is 0 Å². The number of halogens is 3. The van der Waals surface area contributed by atoms with E-state index in [2.05, 4.69) is 15.5 Å². The molecule has 1 saturated carbocycles. The number of anilines is 1. The van der Waals surface area contributed by atoms with E-state index in [1.807, 2.05) is 51.1 Å². The largest absolute Gasteiger partial charge is 0.431 e. The molecular weight excluding hydrogens is 399 g/mol. The van der Waals surface area contributed by atoms with Crippen molar-refractivity contribution >= 4 is 28.0 Å². The molecule has 0 aliphatic heterocycles. The lowest BCUT2D eigenvalue weighted by Gasteiger charge is -2.36. The predicted molar refractivity (Wildman–Crippen MR) is 110 cm³/mol. The van der Waals surface area contributed by atoms with Gasteiger partial charge in [0.1, 0.15) is 5.78 Å². The second kappa shape index (κ2) is 8.26. The summed E-state index contributed by atoms with van der Waals surface area (Å²) in [5.41, 5.74) is 2.52. The summed E-state index contributed by atoms with van der Waals surface area (Å²) in [5, 5.41) is 5.63. The Morgan fingerprint density at radius 1 is 1.17 bits per heavy atom. The van der Waals surface area contributed by atoms with Crippen LogP contribution < -0.4 is 5.43 Å². The SMILES string of the molecule is CC(C)(C)[C@@H]1CCC[C@@H](/C(=N/Nc2nc(-c3ccccc3)cs2)C(F)(F)F)C1=O. The number of aromatic nitrogens is 1. The average Bonchev–Trinajstić information content (AvgIpc) is 3.11. The molecule has 1 aliphatic rings. The molecule has 0 saturated heterocycles. The summed E-state index contributed by atoms with van der Waals surface area (Å²) in [7, 11) is 0. The minimum absolute atomic E-state index is 0.165. The van der Waals surface area contributed by atoms with Crippen molar-refractivity contribution in [2.24, 2.45) is 22.4 Å². The molecule has 0 amide bonds. The maximum absolute atomic E-state index is 13.7. The quantitative estimate of drug-likeness (QED) is 0.472. The van der Waals surface area contributed by atoms with E-state index in [4.69, 9.17) is 0 Å². The second-order valence-corrected chi connectivity index (χ2v) is 9.17. The minimum Gasteiger partial charge on any atom is -0.299 e. The van der Waals surface area contributed by atoms with Crippen LogP contribution in [-0.2, 0) is 4.79 Å². The highest BCUT2D eigenvalue weighted by Gasteiger charge is 2.48. The normalized spacial score (nSPS) is 21.3. The van der Waals surface area contributed by atoms with Crippen LogP contribution in [0.4, 0.5) is 18.3 Å². The summed E-state index contributed by atoms with van der Waals surface area (Å²) in [5.74, 6) is -2.02. The van der Waals surface area contributed by atoms with Crippen molar-refractivity contribution in [3.8, 4) is 11.3 Å². The van der Waals surface area contributed by atoms with Gasteiger partial charge in [0, 0.05) is 16.9 Å². The number of hydrogen-bond donors (Lipinski definition) is 1. The number of hydrazone groups is 1. The molecule has 0 bridgehead atoms. The zero-order valence-corrected chi connectivity index (χ0v) is 17.4. The van der Waals surface area contributed by atoms with Gasteiger partial charge in [0.2, 0.25) is 5.13 Å². The van der Waals surface area contributed by atoms with E-state index in [1.54, 1.807) is 5.38 Å². The summed E-state index contributed by atoms with van der Waals surface area (Å²) in [6.07, 6.45) is -3.33. The maximum atomic E-state index is 13.7.